The van der Waals surface area contributed by atoms with Gasteiger partial charge in [0.05, 0.1) is 5.56 Å². The lowest BCUT2D eigenvalue weighted by atomic mass is 10.2. The van der Waals surface area contributed by atoms with Gasteiger partial charge < -0.3 is 10.6 Å². The zero-order valence-corrected chi connectivity index (χ0v) is 12.8. The van der Waals surface area contributed by atoms with E-state index in [0.717, 1.165) is 12.1 Å². The van der Waals surface area contributed by atoms with E-state index >= 15 is 0 Å². The van der Waals surface area contributed by atoms with Crippen molar-refractivity contribution in [1.82, 2.24) is 5.32 Å². The zero-order chi connectivity index (χ0) is 15.6. The number of alkyl halides is 3. The van der Waals surface area contributed by atoms with E-state index in [4.69, 9.17) is 12.2 Å². The Morgan fingerprint density at radius 2 is 1.80 bits per heavy atom. The fraction of sp³-hybridized carbons (Fsp3) is 0.500. The van der Waals surface area contributed by atoms with Crippen LogP contribution < -0.4 is 10.6 Å². The van der Waals surface area contributed by atoms with Crippen LogP contribution in [0.25, 0.3) is 0 Å². The number of hydrogen-bond acceptors (Lipinski definition) is 1. The first-order valence-electron chi connectivity index (χ1n) is 6.51. The third-order valence-electron chi connectivity index (χ3n) is 2.38. The first-order chi connectivity index (χ1) is 9.35. The van der Waals surface area contributed by atoms with Crippen molar-refractivity contribution in [3.8, 4) is 0 Å². The molecule has 114 valence electrons. The van der Waals surface area contributed by atoms with E-state index in [1.165, 1.54) is 31.4 Å². The molecule has 0 atom stereocenters. The maximum Gasteiger partial charge on any atom is 0.416 e. The van der Waals surface area contributed by atoms with Crippen LogP contribution in [-0.4, -0.2) is 12.2 Å². The third-order valence-corrected chi connectivity index (χ3v) is 2.69. The first kappa shape index (κ1) is 18.7. The molecule has 0 fully saturated rings. The molecular weight excluding hydrogens is 285 g/mol. The topological polar surface area (TPSA) is 24.1 Å². The minimum absolute atomic E-state index is 0.273. The smallest absolute Gasteiger partial charge is 0.366 e. The summed E-state index contributed by atoms with van der Waals surface area (Å²) >= 11 is 4.77. The number of rotatable bonds is 3. The molecule has 0 saturated carbocycles. The van der Waals surface area contributed by atoms with Gasteiger partial charge in [0.15, 0.2) is 5.11 Å². The average molecular weight is 306 g/mol. The molecule has 0 spiro atoms. The molecular formula is C14H21F3N2S. The third kappa shape index (κ3) is 7.99. The lowest BCUT2D eigenvalue weighted by molar-refractivity contribution is -0.137. The molecule has 1 rings (SSSR count). The van der Waals surface area contributed by atoms with Crippen LogP contribution in [0.3, 0.4) is 0 Å². The van der Waals surface area contributed by atoms with Gasteiger partial charge in [0.25, 0.3) is 0 Å². The fourth-order valence-electron chi connectivity index (χ4n) is 1.32. The Bertz CT molecular complexity index is 404. The van der Waals surface area contributed by atoms with E-state index in [0.29, 0.717) is 5.69 Å². The maximum absolute atomic E-state index is 12.3. The Morgan fingerprint density at radius 3 is 2.20 bits per heavy atom. The summed E-state index contributed by atoms with van der Waals surface area (Å²) in [5.74, 6) is 0. The van der Waals surface area contributed by atoms with Crippen LogP contribution >= 0.6 is 12.2 Å². The normalized spacial score (nSPS) is 10.3. The van der Waals surface area contributed by atoms with Gasteiger partial charge in [0.1, 0.15) is 0 Å². The largest absolute Gasteiger partial charge is 0.416 e. The van der Waals surface area contributed by atoms with Gasteiger partial charge in [-0.3, -0.25) is 0 Å². The number of benzene rings is 1. The van der Waals surface area contributed by atoms with E-state index in [2.05, 4.69) is 24.5 Å². The van der Waals surface area contributed by atoms with Crippen molar-refractivity contribution in [1.29, 1.82) is 0 Å². The van der Waals surface area contributed by atoms with Crippen LogP contribution in [-0.2, 0) is 6.18 Å². The van der Waals surface area contributed by atoms with Crippen molar-refractivity contribution in [3.63, 3.8) is 0 Å². The van der Waals surface area contributed by atoms with Crippen LogP contribution in [0.2, 0.25) is 0 Å². The van der Waals surface area contributed by atoms with E-state index in [1.54, 1.807) is 7.05 Å². The molecule has 0 saturated heterocycles. The minimum atomic E-state index is -4.33. The minimum Gasteiger partial charge on any atom is -0.366 e. The molecule has 0 amide bonds. The number of halogens is 3. The van der Waals surface area contributed by atoms with Gasteiger partial charge in [-0.1, -0.05) is 39.2 Å². The first-order valence-corrected chi connectivity index (χ1v) is 6.91. The fourth-order valence-corrected chi connectivity index (χ4v) is 1.44. The summed E-state index contributed by atoms with van der Waals surface area (Å²) in [6.07, 6.45) is -0.258. The summed E-state index contributed by atoms with van der Waals surface area (Å²) in [7, 11) is 1.59. The molecule has 0 aliphatic rings. The SMILES string of the molecule is CCCCC.CNC(=S)Nc1cccc(C(F)(F)F)c1. The summed E-state index contributed by atoms with van der Waals surface area (Å²) in [5, 5.41) is 5.51. The lowest BCUT2D eigenvalue weighted by Gasteiger charge is -2.10. The van der Waals surface area contributed by atoms with Crippen molar-refractivity contribution in [2.24, 2.45) is 0 Å². The van der Waals surface area contributed by atoms with Crippen molar-refractivity contribution in [3.05, 3.63) is 29.8 Å². The summed E-state index contributed by atoms with van der Waals surface area (Å²) in [6, 6.07) is 4.85. The Hall–Kier alpha value is -1.30. The Morgan fingerprint density at radius 1 is 1.20 bits per heavy atom. The molecule has 0 unspecified atom stereocenters. The second-order valence-electron chi connectivity index (χ2n) is 4.14. The van der Waals surface area contributed by atoms with Gasteiger partial charge in [-0.15, -0.1) is 0 Å². The summed E-state index contributed by atoms with van der Waals surface area (Å²) < 4.78 is 36.9. The summed E-state index contributed by atoms with van der Waals surface area (Å²) in [6.45, 7) is 4.42. The molecule has 2 N–H and O–H groups in total. The van der Waals surface area contributed by atoms with Gasteiger partial charge in [-0.2, -0.15) is 13.2 Å². The predicted octanol–water partition coefficient (Wildman–Crippen LogP) is 4.82. The monoisotopic (exact) mass is 306 g/mol. The molecule has 6 heteroatoms. The Kier molecular flexibility index (Phi) is 8.96. The highest BCUT2D eigenvalue weighted by Crippen LogP contribution is 2.30. The van der Waals surface area contributed by atoms with Crippen LogP contribution in [0.4, 0.5) is 18.9 Å². The molecule has 0 heterocycles. The molecule has 2 nitrogen and oxygen atoms in total. The van der Waals surface area contributed by atoms with E-state index in [1.807, 2.05) is 0 Å². The van der Waals surface area contributed by atoms with Crippen molar-refractivity contribution in [2.45, 2.75) is 39.3 Å². The van der Waals surface area contributed by atoms with Crippen molar-refractivity contribution in [2.75, 3.05) is 12.4 Å². The van der Waals surface area contributed by atoms with Gasteiger partial charge in [-0.05, 0) is 30.4 Å². The van der Waals surface area contributed by atoms with Crippen molar-refractivity contribution >= 4 is 23.0 Å². The van der Waals surface area contributed by atoms with Gasteiger partial charge in [0, 0.05) is 12.7 Å². The van der Waals surface area contributed by atoms with Gasteiger partial charge >= 0.3 is 6.18 Å². The van der Waals surface area contributed by atoms with Crippen LogP contribution in [0.5, 0.6) is 0 Å². The molecule has 1 aromatic rings. The van der Waals surface area contributed by atoms with E-state index in [9.17, 15) is 13.2 Å². The number of unbranched alkanes of at least 4 members (excludes halogenated alkanes) is 2. The molecule has 0 bridgehead atoms. The lowest BCUT2D eigenvalue weighted by Crippen LogP contribution is -2.24. The highest BCUT2D eigenvalue weighted by Gasteiger charge is 2.30. The second kappa shape index (κ2) is 9.58. The highest BCUT2D eigenvalue weighted by molar-refractivity contribution is 7.80. The number of anilines is 1. The molecule has 0 aromatic heterocycles. The summed E-state index contributed by atoms with van der Waals surface area (Å²) in [4.78, 5) is 0. The Labute approximate surface area is 123 Å². The van der Waals surface area contributed by atoms with Gasteiger partial charge in [-0.25, -0.2) is 0 Å². The average Bonchev–Trinajstić information content (AvgIpc) is 2.39. The summed E-state index contributed by atoms with van der Waals surface area (Å²) in [5.41, 5.74) is -0.393. The standard InChI is InChI=1S/C9H9F3N2S.C5H12/c1-13-8(15)14-7-4-2-3-6(5-7)9(10,11)12;1-3-5-4-2/h2-5H,1H3,(H2,13,14,15);3-5H2,1-2H3. The van der Waals surface area contributed by atoms with Crippen molar-refractivity contribution < 1.29 is 13.2 Å². The van der Waals surface area contributed by atoms with Crippen LogP contribution in [0.1, 0.15) is 38.7 Å². The quantitative estimate of drug-likeness (QED) is 0.783. The van der Waals surface area contributed by atoms with Gasteiger partial charge in [0.2, 0.25) is 0 Å². The molecule has 20 heavy (non-hydrogen) atoms. The number of nitrogens with one attached hydrogen (secondary N) is 2. The molecule has 0 radical (unpaired) electrons. The number of thiocarbonyl (C=S) groups is 1. The predicted molar refractivity (Wildman–Crippen MR) is 81.9 cm³/mol. The zero-order valence-electron chi connectivity index (χ0n) is 12.0. The van der Waals surface area contributed by atoms with Crippen LogP contribution in [0.15, 0.2) is 24.3 Å². The second-order valence-corrected chi connectivity index (χ2v) is 4.54. The van der Waals surface area contributed by atoms with E-state index < -0.39 is 11.7 Å². The van der Waals surface area contributed by atoms with Crippen LogP contribution in [0, 0.1) is 0 Å². The van der Waals surface area contributed by atoms with E-state index in [-0.39, 0.29) is 5.11 Å². The maximum atomic E-state index is 12.3. The molecule has 0 aliphatic carbocycles. The highest BCUT2D eigenvalue weighted by atomic mass is 32.1. The molecule has 0 aliphatic heterocycles. The number of hydrogen-bond donors (Lipinski definition) is 2. The Balaban J connectivity index is 0.000000621. The molecule has 1 aromatic carbocycles.